The molecule has 0 bridgehead atoms. The number of hydrogen-bond donors (Lipinski definition) is 1. The average Bonchev–Trinajstić information content (AvgIpc) is 2.82. The number of fused-ring (bicyclic) bond motifs is 1. The number of nitrogens with one attached hydrogen (secondary N) is 1. The van der Waals surface area contributed by atoms with Gasteiger partial charge >= 0.3 is 0 Å². The predicted molar refractivity (Wildman–Crippen MR) is 69.6 cm³/mol. The van der Waals surface area contributed by atoms with E-state index < -0.39 is 0 Å². The molecule has 0 saturated carbocycles. The van der Waals surface area contributed by atoms with Crippen LogP contribution in [0.25, 0.3) is 0 Å². The van der Waals surface area contributed by atoms with Crippen LogP contribution in [0.5, 0.6) is 5.75 Å². The van der Waals surface area contributed by atoms with Crippen LogP contribution in [0.4, 0.5) is 5.69 Å². The molecular weight excluding hydrogens is 218 g/mol. The zero-order chi connectivity index (χ0) is 10.8. The van der Waals surface area contributed by atoms with Crippen LogP contribution in [0, 0.1) is 0 Å². The van der Waals surface area contributed by atoms with Crippen LogP contribution in [0.2, 0.25) is 0 Å². The third-order valence-electron chi connectivity index (χ3n) is 3.23. The van der Waals surface area contributed by atoms with E-state index in [9.17, 15) is 0 Å². The number of ether oxygens (including phenoxy) is 1. The van der Waals surface area contributed by atoms with Gasteiger partial charge in [0.05, 0.1) is 0 Å². The fraction of sp³-hybridized carbons (Fsp3) is 0.538. The zero-order valence-corrected chi connectivity index (χ0v) is 10.2. The van der Waals surface area contributed by atoms with Crippen molar-refractivity contribution in [3.8, 4) is 5.75 Å². The maximum atomic E-state index is 6.11. The van der Waals surface area contributed by atoms with Crippen molar-refractivity contribution in [1.29, 1.82) is 0 Å². The molecule has 0 aromatic heterocycles. The summed E-state index contributed by atoms with van der Waals surface area (Å²) in [6.07, 6.45) is 3.99. The van der Waals surface area contributed by atoms with Gasteiger partial charge < -0.3 is 10.1 Å². The number of benzene rings is 1. The van der Waals surface area contributed by atoms with Gasteiger partial charge in [0, 0.05) is 23.5 Å². The second kappa shape index (κ2) is 4.58. The Labute approximate surface area is 101 Å². The summed E-state index contributed by atoms with van der Waals surface area (Å²) in [4.78, 5) is 0. The molecule has 0 amide bonds. The molecule has 2 heterocycles. The summed E-state index contributed by atoms with van der Waals surface area (Å²) in [6.45, 7) is 1.09. The van der Waals surface area contributed by atoms with Crippen LogP contribution in [0.3, 0.4) is 0 Å². The summed E-state index contributed by atoms with van der Waals surface area (Å²) in [5.74, 6) is 3.51. The second-order valence-corrected chi connectivity index (χ2v) is 5.57. The predicted octanol–water partition coefficient (Wildman–Crippen LogP) is 2.93. The van der Waals surface area contributed by atoms with Gasteiger partial charge in [0.1, 0.15) is 11.9 Å². The van der Waals surface area contributed by atoms with Gasteiger partial charge in [-0.05, 0) is 37.1 Å². The Morgan fingerprint density at radius 2 is 2.38 bits per heavy atom. The smallest absolute Gasteiger partial charge is 0.125 e. The molecule has 2 aliphatic rings. The van der Waals surface area contributed by atoms with Gasteiger partial charge in [-0.15, -0.1) is 0 Å². The molecule has 1 N–H and O–H groups in total. The summed E-state index contributed by atoms with van der Waals surface area (Å²) in [5.41, 5.74) is 2.65. The normalized spacial score (nSPS) is 23.6. The summed E-state index contributed by atoms with van der Waals surface area (Å²) in [5, 5.41) is 3.44. The van der Waals surface area contributed by atoms with E-state index >= 15 is 0 Å². The number of hydrogen-bond acceptors (Lipinski definition) is 3. The van der Waals surface area contributed by atoms with Gasteiger partial charge in [0.2, 0.25) is 0 Å². The first-order valence-electron chi connectivity index (χ1n) is 6.03. The Kier molecular flexibility index (Phi) is 2.96. The van der Waals surface area contributed by atoms with Gasteiger partial charge in [0.25, 0.3) is 0 Å². The molecule has 1 aromatic rings. The second-order valence-electron chi connectivity index (χ2n) is 4.42. The molecule has 1 aromatic carbocycles. The SMILES string of the molecule is c1cc2c(c(OC3CCSC3)c1)CCCN2. The third-order valence-corrected chi connectivity index (χ3v) is 4.37. The Balaban J connectivity index is 1.82. The Hall–Kier alpha value is -0.830. The fourth-order valence-corrected chi connectivity index (χ4v) is 3.47. The van der Waals surface area contributed by atoms with Crippen LogP contribution in [-0.2, 0) is 6.42 Å². The number of anilines is 1. The Morgan fingerprint density at radius 3 is 3.25 bits per heavy atom. The van der Waals surface area contributed by atoms with Crippen molar-refractivity contribution >= 4 is 17.4 Å². The van der Waals surface area contributed by atoms with Crippen molar-refractivity contribution in [2.24, 2.45) is 0 Å². The minimum Gasteiger partial charge on any atom is -0.489 e. The Morgan fingerprint density at radius 1 is 1.38 bits per heavy atom. The first-order valence-corrected chi connectivity index (χ1v) is 7.19. The maximum absolute atomic E-state index is 6.11. The van der Waals surface area contributed by atoms with Crippen molar-refractivity contribution in [2.45, 2.75) is 25.4 Å². The van der Waals surface area contributed by atoms with E-state index in [1.165, 1.54) is 29.8 Å². The molecule has 86 valence electrons. The largest absolute Gasteiger partial charge is 0.489 e. The molecule has 0 aliphatic carbocycles. The van der Waals surface area contributed by atoms with Gasteiger partial charge in [-0.2, -0.15) is 11.8 Å². The van der Waals surface area contributed by atoms with Crippen molar-refractivity contribution in [3.05, 3.63) is 23.8 Å². The quantitative estimate of drug-likeness (QED) is 0.851. The topological polar surface area (TPSA) is 21.3 Å². The molecule has 1 atom stereocenters. The maximum Gasteiger partial charge on any atom is 0.125 e. The Bertz CT molecular complexity index is 374. The van der Waals surface area contributed by atoms with Gasteiger partial charge in [-0.25, -0.2) is 0 Å². The average molecular weight is 235 g/mol. The highest BCUT2D eigenvalue weighted by molar-refractivity contribution is 7.99. The van der Waals surface area contributed by atoms with Crippen LogP contribution >= 0.6 is 11.8 Å². The van der Waals surface area contributed by atoms with E-state index in [4.69, 9.17) is 4.74 Å². The highest BCUT2D eigenvalue weighted by Gasteiger charge is 2.20. The van der Waals surface area contributed by atoms with E-state index in [0.717, 1.165) is 24.5 Å². The number of rotatable bonds is 2. The van der Waals surface area contributed by atoms with E-state index in [-0.39, 0.29) is 0 Å². The molecule has 1 saturated heterocycles. The van der Waals surface area contributed by atoms with Crippen LogP contribution in [-0.4, -0.2) is 24.2 Å². The van der Waals surface area contributed by atoms with Crippen LogP contribution in [0.1, 0.15) is 18.4 Å². The van der Waals surface area contributed by atoms with E-state index in [1.807, 2.05) is 11.8 Å². The molecule has 3 rings (SSSR count). The van der Waals surface area contributed by atoms with Crippen molar-refractivity contribution < 1.29 is 4.74 Å². The van der Waals surface area contributed by atoms with Crippen molar-refractivity contribution in [3.63, 3.8) is 0 Å². The summed E-state index contributed by atoms with van der Waals surface area (Å²) >= 11 is 2.00. The zero-order valence-electron chi connectivity index (χ0n) is 9.37. The van der Waals surface area contributed by atoms with E-state index in [1.54, 1.807) is 0 Å². The molecule has 2 nitrogen and oxygen atoms in total. The first-order chi connectivity index (χ1) is 7.93. The van der Waals surface area contributed by atoms with Crippen LogP contribution < -0.4 is 10.1 Å². The van der Waals surface area contributed by atoms with E-state index in [0.29, 0.717) is 6.10 Å². The minimum absolute atomic E-state index is 0.429. The molecular formula is C13H17NOS. The van der Waals surface area contributed by atoms with Gasteiger partial charge in [0.15, 0.2) is 0 Å². The fourth-order valence-electron chi connectivity index (χ4n) is 2.37. The van der Waals surface area contributed by atoms with E-state index in [2.05, 4.69) is 23.5 Å². The lowest BCUT2D eigenvalue weighted by Gasteiger charge is -2.22. The minimum atomic E-state index is 0.429. The first kappa shape index (κ1) is 10.3. The molecule has 0 spiro atoms. The third kappa shape index (κ3) is 2.01. The monoisotopic (exact) mass is 235 g/mol. The molecule has 16 heavy (non-hydrogen) atoms. The highest BCUT2D eigenvalue weighted by Crippen LogP contribution is 2.33. The molecule has 2 aliphatic heterocycles. The highest BCUT2D eigenvalue weighted by atomic mass is 32.2. The van der Waals surface area contributed by atoms with Gasteiger partial charge in [-0.1, -0.05) is 6.07 Å². The lowest BCUT2D eigenvalue weighted by Crippen LogP contribution is -2.18. The molecule has 1 unspecified atom stereocenters. The molecule has 1 fully saturated rings. The lowest BCUT2D eigenvalue weighted by molar-refractivity contribution is 0.227. The molecule has 0 radical (unpaired) electrons. The summed E-state index contributed by atoms with van der Waals surface area (Å²) < 4.78 is 6.11. The summed E-state index contributed by atoms with van der Waals surface area (Å²) in [7, 11) is 0. The van der Waals surface area contributed by atoms with Crippen LogP contribution in [0.15, 0.2) is 18.2 Å². The molecule has 3 heteroatoms. The standard InChI is InChI=1S/C13H17NOS/c1-4-12-11(3-2-7-14-12)13(5-1)15-10-6-8-16-9-10/h1,4-5,10,14H,2-3,6-9H2. The summed E-state index contributed by atoms with van der Waals surface area (Å²) in [6, 6.07) is 6.37. The van der Waals surface area contributed by atoms with Gasteiger partial charge in [-0.3, -0.25) is 0 Å². The lowest BCUT2D eigenvalue weighted by atomic mass is 10.0. The number of thioether (sulfide) groups is 1. The van der Waals surface area contributed by atoms with Crippen molar-refractivity contribution in [1.82, 2.24) is 0 Å². The van der Waals surface area contributed by atoms with Crippen molar-refractivity contribution in [2.75, 3.05) is 23.4 Å².